The van der Waals surface area contributed by atoms with Gasteiger partial charge < -0.3 is 19.9 Å². The molecule has 21 heavy (non-hydrogen) atoms. The lowest BCUT2D eigenvalue weighted by molar-refractivity contribution is 0.118. The largest absolute Gasteiger partial charge is 0.490 e. The highest BCUT2D eigenvalue weighted by molar-refractivity contribution is 9.10. The summed E-state index contributed by atoms with van der Waals surface area (Å²) in [6.45, 7) is 7.92. The quantitative estimate of drug-likeness (QED) is 0.843. The Morgan fingerprint density at radius 2 is 1.90 bits per heavy atom. The average molecular weight is 358 g/mol. The molecule has 0 spiro atoms. The molecule has 0 saturated carbocycles. The van der Waals surface area contributed by atoms with Crippen LogP contribution in [0.1, 0.15) is 38.8 Å². The molecule has 1 aromatic rings. The Balaban J connectivity index is 2.27. The van der Waals surface area contributed by atoms with Crippen LogP contribution in [0.3, 0.4) is 0 Å². The first-order valence-electron chi connectivity index (χ1n) is 7.53. The molecule has 1 fully saturated rings. The van der Waals surface area contributed by atoms with E-state index in [4.69, 9.17) is 19.9 Å². The highest BCUT2D eigenvalue weighted by Gasteiger charge is 2.30. The Hall–Kier alpha value is -0.780. The number of ether oxygens (including phenoxy) is 3. The predicted molar refractivity (Wildman–Crippen MR) is 86.9 cm³/mol. The van der Waals surface area contributed by atoms with Gasteiger partial charge in [0.1, 0.15) is 0 Å². The van der Waals surface area contributed by atoms with Crippen LogP contribution in [0, 0.1) is 5.92 Å². The molecule has 5 heteroatoms. The van der Waals surface area contributed by atoms with Crippen LogP contribution in [0.15, 0.2) is 16.6 Å². The number of hydrogen-bond donors (Lipinski definition) is 1. The van der Waals surface area contributed by atoms with E-state index in [2.05, 4.69) is 22.9 Å². The molecule has 1 aromatic carbocycles. The lowest BCUT2D eigenvalue weighted by Gasteiger charge is -2.22. The van der Waals surface area contributed by atoms with Gasteiger partial charge in [-0.15, -0.1) is 0 Å². The zero-order valence-corrected chi connectivity index (χ0v) is 14.5. The van der Waals surface area contributed by atoms with Gasteiger partial charge in [0.15, 0.2) is 11.5 Å². The summed E-state index contributed by atoms with van der Waals surface area (Å²) < 4.78 is 17.9. The zero-order valence-electron chi connectivity index (χ0n) is 12.9. The summed E-state index contributed by atoms with van der Waals surface area (Å²) in [5.74, 6) is 1.84. The van der Waals surface area contributed by atoms with Crippen molar-refractivity contribution in [3.63, 3.8) is 0 Å². The highest BCUT2D eigenvalue weighted by atomic mass is 79.9. The van der Waals surface area contributed by atoms with Gasteiger partial charge in [0.25, 0.3) is 0 Å². The number of rotatable bonds is 6. The fourth-order valence-electron chi connectivity index (χ4n) is 2.70. The Morgan fingerprint density at radius 3 is 2.43 bits per heavy atom. The van der Waals surface area contributed by atoms with Crippen LogP contribution in [0.25, 0.3) is 0 Å². The predicted octanol–water partition coefficient (Wildman–Crippen LogP) is 3.67. The Morgan fingerprint density at radius 1 is 1.29 bits per heavy atom. The van der Waals surface area contributed by atoms with Crippen LogP contribution in [0.5, 0.6) is 11.5 Å². The summed E-state index contributed by atoms with van der Waals surface area (Å²) in [6.07, 6.45) is 1.28. The van der Waals surface area contributed by atoms with Crippen molar-refractivity contribution in [1.29, 1.82) is 0 Å². The lowest BCUT2D eigenvalue weighted by atomic mass is 9.91. The molecule has 1 heterocycles. The van der Waals surface area contributed by atoms with Crippen LogP contribution in [-0.4, -0.2) is 25.9 Å². The van der Waals surface area contributed by atoms with E-state index in [1.807, 2.05) is 26.0 Å². The molecule has 0 radical (unpaired) electrons. The third-order valence-electron chi connectivity index (χ3n) is 3.76. The van der Waals surface area contributed by atoms with Gasteiger partial charge in [-0.25, -0.2) is 0 Å². The topological polar surface area (TPSA) is 53.7 Å². The third kappa shape index (κ3) is 3.90. The summed E-state index contributed by atoms with van der Waals surface area (Å²) in [4.78, 5) is 0. The first-order valence-corrected chi connectivity index (χ1v) is 8.32. The van der Waals surface area contributed by atoms with Crippen LogP contribution < -0.4 is 15.2 Å². The number of hydrogen-bond acceptors (Lipinski definition) is 4. The molecule has 1 aliphatic rings. The summed E-state index contributed by atoms with van der Waals surface area (Å²) in [6, 6.07) is 3.87. The van der Waals surface area contributed by atoms with E-state index in [9.17, 15) is 0 Å². The van der Waals surface area contributed by atoms with Gasteiger partial charge in [-0.3, -0.25) is 0 Å². The fraction of sp³-hybridized carbons (Fsp3) is 0.625. The summed E-state index contributed by atoms with van der Waals surface area (Å²) in [5.41, 5.74) is 7.49. The van der Waals surface area contributed by atoms with E-state index < -0.39 is 0 Å². The Kier molecular flexibility index (Phi) is 5.90. The molecule has 2 rings (SSSR count). The maximum atomic E-state index is 6.45. The molecule has 0 aliphatic carbocycles. The number of nitrogens with two attached hydrogens (primary N) is 1. The molecule has 3 atom stereocenters. The second-order valence-corrected chi connectivity index (χ2v) is 6.21. The van der Waals surface area contributed by atoms with Crippen molar-refractivity contribution in [2.45, 2.75) is 39.3 Å². The minimum absolute atomic E-state index is 0.0702. The van der Waals surface area contributed by atoms with Gasteiger partial charge in [-0.2, -0.15) is 0 Å². The molecule has 4 nitrogen and oxygen atoms in total. The van der Waals surface area contributed by atoms with Crippen LogP contribution in [0.2, 0.25) is 0 Å². The average Bonchev–Trinajstić information content (AvgIpc) is 2.88. The molecule has 1 saturated heterocycles. The minimum Gasteiger partial charge on any atom is -0.490 e. The standard InChI is InChI=1S/C16H24BrNO3/c1-4-19-14-7-12(13(17)8-15(14)20-5-2)16(18)11-6-10(3)21-9-11/h7-8,10-11,16H,4-6,9,18H2,1-3H3. The van der Waals surface area contributed by atoms with Crippen molar-refractivity contribution >= 4 is 15.9 Å². The Bertz CT molecular complexity index is 481. The van der Waals surface area contributed by atoms with Gasteiger partial charge in [0, 0.05) is 16.4 Å². The molecule has 1 aliphatic heterocycles. The van der Waals surface area contributed by atoms with Crippen LogP contribution >= 0.6 is 15.9 Å². The van der Waals surface area contributed by atoms with Crippen molar-refractivity contribution in [1.82, 2.24) is 0 Å². The maximum Gasteiger partial charge on any atom is 0.162 e. The first kappa shape index (κ1) is 16.6. The van der Waals surface area contributed by atoms with Crippen molar-refractivity contribution in [3.05, 3.63) is 22.2 Å². The zero-order chi connectivity index (χ0) is 15.4. The second kappa shape index (κ2) is 7.47. The first-order chi connectivity index (χ1) is 10.1. The number of benzene rings is 1. The normalized spacial score (nSPS) is 23.1. The van der Waals surface area contributed by atoms with Gasteiger partial charge in [0.05, 0.1) is 25.9 Å². The van der Waals surface area contributed by atoms with Crippen molar-refractivity contribution in [2.75, 3.05) is 19.8 Å². The molecule has 118 valence electrons. The molecular weight excluding hydrogens is 334 g/mol. The molecular formula is C16H24BrNO3. The smallest absolute Gasteiger partial charge is 0.162 e. The monoisotopic (exact) mass is 357 g/mol. The van der Waals surface area contributed by atoms with E-state index in [-0.39, 0.29) is 12.1 Å². The molecule has 0 amide bonds. The molecule has 2 N–H and O–H groups in total. The van der Waals surface area contributed by atoms with Gasteiger partial charge in [-0.05, 0) is 44.9 Å². The molecule has 0 aromatic heterocycles. The van der Waals surface area contributed by atoms with Crippen molar-refractivity contribution in [2.24, 2.45) is 11.7 Å². The second-order valence-electron chi connectivity index (χ2n) is 5.35. The summed E-state index contributed by atoms with van der Waals surface area (Å²) in [5, 5.41) is 0. The molecule has 3 unspecified atom stereocenters. The summed E-state index contributed by atoms with van der Waals surface area (Å²) in [7, 11) is 0. The number of halogens is 1. The minimum atomic E-state index is -0.0702. The van der Waals surface area contributed by atoms with E-state index in [1.165, 1.54) is 0 Å². The van der Waals surface area contributed by atoms with E-state index in [1.54, 1.807) is 0 Å². The van der Waals surface area contributed by atoms with Gasteiger partial charge in [0.2, 0.25) is 0 Å². The maximum absolute atomic E-state index is 6.45. The van der Waals surface area contributed by atoms with Crippen molar-refractivity contribution in [3.8, 4) is 11.5 Å². The van der Waals surface area contributed by atoms with E-state index >= 15 is 0 Å². The van der Waals surface area contributed by atoms with E-state index in [0.717, 1.165) is 28.0 Å². The summed E-state index contributed by atoms with van der Waals surface area (Å²) >= 11 is 3.61. The van der Waals surface area contributed by atoms with Crippen LogP contribution in [0.4, 0.5) is 0 Å². The molecule has 0 bridgehead atoms. The van der Waals surface area contributed by atoms with Crippen molar-refractivity contribution < 1.29 is 14.2 Å². The Labute approximate surface area is 135 Å². The van der Waals surface area contributed by atoms with E-state index in [0.29, 0.717) is 25.7 Å². The highest BCUT2D eigenvalue weighted by Crippen LogP contribution is 2.39. The SMILES string of the molecule is CCOc1cc(Br)c(C(N)C2COC(C)C2)cc1OCC. The lowest BCUT2D eigenvalue weighted by Crippen LogP contribution is -2.22. The van der Waals surface area contributed by atoms with Gasteiger partial charge in [-0.1, -0.05) is 15.9 Å². The third-order valence-corrected chi connectivity index (χ3v) is 4.45. The fourth-order valence-corrected chi connectivity index (χ4v) is 3.28. The van der Waals surface area contributed by atoms with Crippen LogP contribution in [-0.2, 0) is 4.74 Å². The van der Waals surface area contributed by atoms with Gasteiger partial charge >= 0.3 is 0 Å².